The Labute approximate surface area is 121 Å². The largest absolute Gasteiger partial charge is 0.380 e. The fraction of sp³-hybridized carbons (Fsp3) is 0.353. The maximum Gasteiger partial charge on any atom is 0.0591 e. The van der Waals surface area contributed by atoms with Crippen LogP contribution in [0.15, 0.2) is 54.7 Å². The number of nitrogens with one attached hydrogen (secondary N) is 1. The Kier molecular flexibility index (Phi) is 6.78. The molecule has 0 atom stereocenters. The number of pyridine rings is 1. The van der Waals surface area contributed by atoms with E-state index in [9.17, 15) is 0 Å². The average molecular weight is 270 g/mol. The third-order valence-electron chi connectivity index (χ3n) is 3.05. The lowest BCUT2D eigenvalue weighted by Gasteiger charge is -2.06. The van der Waals surface area contributed by atoms with Gasteiger partial charge in [-0.15, -0.1) is 0 Å². The first kappa shape index (κ1) is 14.7. The number of rotatable bonds is 9. The number of hydrogen-bond donors (Lipinski definition) is 1. The molecule has 0 aliphatic rings. The van der Waals surface area contributed by atoms with Crippen LogP contribution in [0.3, 0.4) is 0 Å². The van der Waals surface area contributed by atoms with Crippen LogP contribution in [0.1, 0.15) is 17.7 Å². The predicted molar refractivity (Wildman–Crippen MR) is 81.5 cm³/mol. The second-order valence-electron chi connectivity index (χ2n) is 4.70. The Morgan fingerprint density at radius 2 is 1.80 bits per heavy atom. The summed E-state index contributed by atoms with van der Waals surface area (Å²) in [5.74, 6) is 0. The van der Waals surface area contributed by atoms with E-state index in [-0.39, 0.29) is 0 Å². The molecule has 0 radical (unpaired) electrons. The number of aromatic nitrogens is 1. The van der Waals surface area contributed by atoms with Crippen molar-refractivity contribution in [2.24, 2.45) is 0 Å². The minimum absolute atomic E-state index is 0.752. The summed E-state index contributed by atoms with van der Waals surface area (Å²) in [4.78, 5) is 4.26. The van der Waals surface area contributed by atoms with Crippen LogP contribution in [-0.2, 0) is 17.7 Å². The van der Waals surface area contributed by atoms with Gasteiger partial charge in [-0.25, -0.2) is 0 Å². The van der Waals surface area contributed by atoms with Crippen molar-refractivity contribution in [1.29, 1.82) is 0 Å². The zero-order valence-electron chi connectivity index (χ0n) is 11.8. The first-order valence-corrected chi connectivity index (χ1v) is 7.17. The molecule has 2 rings (SSSR count). The highest BCUT2D eigenvalue weighted by atomic mass is 16.5. The topological polar surface area (TPSA) is 34.1 Å². The summed E-state index contributed by atoms with van der Waals surface area (Å²) in [7, 11) is 0. The highest BCUT2D eigenvalue weighted by Gasteiger charge is 1.94. The Morgan fingerprint density at radius 3 is 2.60 bits per heavy atom. The van der Waals surface area contributed by atoms with Gasteiger partial charge in [0.2, 0.25) is 0 Å². The minimum atomic E-state index is 0.752. The van der Waals surface area contributed by atoms with Crippen molar-refractivity contribution in [2.75, 3.05) is 19.8 Å². The zero-order chi connectivity index (χ0) is 13.9. The molecular formula is C17H22N2O. The fourth-order valence-electron chi connectivity index (χ4n) is 1.99. The second-order valence-corrected chi connectivity index (χ2v) is 4.70. The smallest absolute Gasteiger partial charge is 0.0591 e. The molecule has 0 fully saturated rings. The van der Waals surface area contributed by atoms with E-state index in [0.717, 1.165) is 44.8 Å². The quantitative estimate of drug-likeness (QED) is 0.711. The molecule has 0 amide bonds. The van der Waals surface area contributed by atoms with Gasteiger partial charge in [0.15, 0.2) is 0 Å². The van der Waals surface area contributed by atoms with Crippen molar-refractivity contribution in [3.63, 3.8) is 0 Å². The fourth-order valence-corrected chi connectivity index (χ4v) is 1.99. The summed E-state index contributed by atoms with van der Waals surface area (Å²) in [6.07, 6.45) is 3.98. The highest BCUT2D eigenvalue weighted by molar-refractivity contribution is 5.14. The maximum atomic E-state index is 5.61. The van der Waals surface area contributed by atoms with Gasteiger partial charge in [0.1, 0.15) is 0 Å². The van der Waals surface area contributed by atoms with E-state index < -0.39 is 0 Å². The van der Waals surface area contributed by atoms with Gasteiger partial charge in [0, 0.05) is 25.9 Å². The van der Waals surface area contributed by atoms with Gasteiger partial charge in [-0.3, -0.25) is 4.98 Å². The van der Waals surface area contributed by atoms with Crippen LogP contribution in [0.25, 0.3) is 0 Å². The number of nitrogens with zero attached hydrogens (tertiary/aromatic N) is 1. The average Bonchev–Trinajstić information content (AvgIpc) is 2.52. The van der Waals surface area contributed by atoms with Gasteiger partial charge in [0.05, 0.1) is 12.3 Å². The summed E-state index contributed by atoms with van der Waals surface area (Å²) in [5, 5.41) is 3.32. The Morgan fingerprint density at radius 1 is 0.950 bits per heavy atom. The SMILES string of the molecule is c1ccc(CCCOCCNCc2ccccn2)cc1. The molecule has 3 heteroatoms. The molecule has 0 unspecified atom stereocenters. The summed E-state index contributed by atoms with van der Waals surface area (Å²) in [6.45, 7) is 3.23. The molecule has 3 nitrogen and oxygen atoms in total. The van der Waals surface area contributed by atoms with Crippen molar-refractivity contribution < 1.29 is 4.74 Å². The van der Waals surface area contributed by atoms with Gasteiger partial charge in [0.25, 0.3) is 0 Å². The van der Waals surface area contributed by atoms with E-state index >= 15 is 0 Å². The van der Waals surface area contributed by atoms with Crippen LogP contribution < -0.4 is 5.32 Å². The van der Waals surface area contributed by atoms with Crippen molar-refractivity contribution in [1.82, 2.24) is 10.3 Å². The number of hydrogen-bond acceptors (Lipinski definition) is 3. The molecule has 0 spiro atoms. The lowest BCUT2D eigenvalue weighted by atomic mass is 10.1. The Bertz CT molecular complexity index is 413. The molecule has 1 N–H and O–H groups in total. The van der Waals surface area contributed by atoms with Crippen molar-refractivity contribution in [3.05, 3.63) is 66.0 Å². The maximum absolute atomic E-state index is 5.61. The predicted octanol–water partition coefficient (Wildman–Crippen LogP) is 2.82. The summed E-state index contributed by atoms with van der Waals surface area (Å²) < 4.78 is 5.61. The molecule has 0 aliphatic carbocycles. The number of aryl methyl sites for hydroxylation is 1. The van der Waals surface area contributed by atoms with E-state index in [4.69, 9.17) is 4.74 Å². The number of benzene rings is 1. The van der Waals surface area contributed by atoms with Gasteiger partial charge in [-0.2, -0.15) is 0 Å². The second kappa shape index (κ2) is 9.23. The van der Waals surface area contributed by atoms with Crippen molar-refractivity contribution in [3.8, 4) is 0 Å². The minimum Gasteiger partial charge on any atom is -0.380 e. The number of ether oxygens (including phenoxy) is 1. The molecule has 2 aromatic rings. The van der Waals surface area contributed by atoms with E-state index in [1.165, 1.54) is 5.56 Å². The van der Waals surface area contributed by atoms with Crippen LogP contribution >= 0.6 is 0 Å². The third-order valence-corrected chi connectivity index (χ3v) is 3.05. The van der Waals surface area contributed by atoms with Crippen molar-refractivity contribution in [2.45, 2.75) is 19.4 Å². The van der Waals surface area contributed by atoms with Gasteiger partial charge in [-0.05, 0) is 30.5 Å². The van der Waals surface area contributed by atoms with Gasteiger partial charge < -0.3 is 10.1 Å². The van der Waals surface area contributed by atoms with Crippen LogP contribution in [0.4, 0.5) is 0 Å². The van der Waals surface area contributed by atoms with E-state index in [0.29, 0.717) is 0 Å². The molecule has 0 bridgehead atoms. The van der Waals surface area contributed by atoms with Crippen LogP contribution in [0.5, 0.6) is 0 Å². The molecule has 106 valence electrons. The highest BCUT2D eigenvalue weighted by Crippen LogP contribution is 2.02. The molecule has 0 saturated carbocycles. The molecular weight excluding hydrogens is 248 g/mol. The van der Waals surface area contributed by atoms with Crippen LogP contribution in [-0.4, -0.2) is 24.7 Å². The Balaban J connectivity index is 1.44. The summed E-state index contributed by atoms with van der Waals surface area (Å²) in [6, 6.07) is 16.5. The summed E-state index contributed by atoms with van der Waals surface area (Å²) >= 11 is 0. The molecule has 0 aliphatic heterocycles. The lowest BCUT2D eigenvalue weighted by Crippen LogP contribution is -2.20. The van der Waals surface area contributed by atoms with Crippen LogP contribution in [0, 0.1) is 0 Å². The lowest BCUT2D eigenvalue weighted by molar-refractivity contribution is 0.133. The van der Waals surface area contributed by atoms with Crippen LogP contribution in [0.2, 0.25) is 0 Å². The molecule has 20 heavy (non-hydrogen) atoms. The summed E-state index contributed by atoms with van der Waals surface area (Å²) in [5.41, 5.74) is 2.45. The Hall–Kier alpha value is -1.71. The first-order valence-electron chi connectivity index (χ1n) is 7.17. The molecule has 0 saturated heterocycles. The zero-order valence-corrected chi connectivity index (χ0v) is 11.8. The standard InChI is InChI=1S/C17H22N2O/c1-2-7-16(8-3-1)9-6-13-20-14-12-18-15-17-10-4-5-11-19-17/h1-5,7-8,10-11,18H,6,9,12-15H2. The van der Waals surface area contributed by atoms with E-state index in [1.807, 2.05) is 30.5 Å². The third kappa shape index (κ3) is 5.95. The molecule has 1 aromatic carbocycles. The van der Waals surface area contributed by atoms with Gasteiger partial charge in [-0.1, -0.05) is 36.4 Å². The van der Waals surface area contributed by atoms with Gasteiger partial charge >= 0.3 is 0 Å². The normalized spacial score (nSPS) is 10.6. The van der Waals surface area contributed by atoms with E-state index in [1.54, 1.807) is 0 Å². The van der Waals surface area contributed by atoms with E-state index in [2.05, 4.69) is 34.6 Å². The first-order chi connectivity index (χ1) is 9.95. The van der Waals surface area contributed by atoms with Crippen molar-refractivity contribution >= 4 is 0 Å². The molecule has 1 aromatic heterocycles. The monoisotopic (exact) mass is 270 g/mol. The molecule has 1 heterocycles.